The highest BCUT2D eigenvalue weighted by Crippen LogP contribution is 2.27. The predicted octanol–water partition coefficient (Wildman–Crippen LogP) is 5.62. The van der Waals surface area contributed by atoms with Crippen LogP contribution in [0.25, 0.3) is 11.1 Å². The molecule has 0 unspecified atom stereocenters. The molecule has 1 aliphatic heterocycles. The molecule has 0 radical (unpaired) electrons. The van der Waals surface area contributed by atoms with Gasteiger partial charge in [0.15, 0.2) is 0 Å². The van der Waals surface area contributed by atoms with Crippen LogP contribution in [0.4, 0.5) is 5.69 Å². The molecule has 2 amide bonds. The third-order valence-electron chi connectivity index (χ3n) is 7.55. The quantitative estimate of drug-likeness (QED) is 0.128. The minimum absolute atomic E-state index is 0.0568. The van der Waals surface area contributed by atoms with Crippen LogP contribution in [0.3, 0.4) is 0 Å². The van der Waals surface area contributed by atoms with E-state index in [1.54, 1.807) is 29.2 Å². The van der Waals surface area contributed by atoms with Crippen molar-refractivity contribution in [2.75, 3.05) is 6.54 Å². The summed E-state index contributed by atoms with van der Waals surface area (Å²) in [7, 11) is 0. The Morgan fingerprint density at radius 2 is 1.51 bits per heavy atom. The number of non-ortho nitro benzene ring substituents is 1. The molecule has 0 aliphatic carbocycles. The van der Waals surface area contributed by atoms with E-state index >= 15 is 0 Å². The summed E-state index contributed by atoms with van der Waals surface area (Å²) in [5.41, 5.74) is 9.63. The number of rotatable bonds is 12. The SMILES string of the molecule is NCCCC[C@H]1C(=O)N[C@@H](Cc2ccc(Oc3cccc([N+](=O)[O-])c3)cc2)C(=O)N1Cc1ccc(-c2ccccc2)cc1. The number of nitro benzene ring substituents is 1. The van der Waals surface area contributed by atoms with Crippen molar-refractivity contribution in [2.24, 2.45) is 5.73 Å². The maximum absolute atomic E-state index is 13.8. The van der Waals surface area contributed by atoms with Crippen LogP contribution in [-0.2, 0) is 22.6 Å². The van der Waals surface area contributed by atoms with Crippen molar-refractivity contribution in [2.45, 2.75) is 44.3 Å². The summed E-state index contributed by atoms with van der Waals surface area (Å²) >= 11 is 0. The third kappa shape index (κ3) is 7.44. The van der Waals surface area contributed by atoms with Crippen molar-refractivity contribution in [3.8, 4) is 22.6 Å². The van der Waals surface area contributed by atoms with Crippen LogP contribution in [0.1, 0.15) is 30.4 Å². The molecule has 5 rings (SSSR count). The minimum Gasteiger partial charge on any atom is -0.457 e. The second kappa shape index (κ2) is 13.8. The molecule has 0 saturated carbocycles. The molecule has 1 aliphatic rings. The Bertz CT molecular complexity index is 1560. The van der Waals surface area contributed by atoms with Gasteiger partial charge in [0.2, 0.25) is 11.8 Å². The standard InChI is InChI=1S/C34H34N4O5/c35-20-5-4-11-32-33(39)36-31(21-24-14-18-29(19-15-24)43-30-10-6-9-28(22-30)38(41)42)34(40)37(32)23-25-12-16-27(17-13-25)26-7-2-1-3-8-26/h1-3,6-10,12-19,22,31-32H,4-5,11,20-21,23,35H2,(H,36,39)/t31-,32-/m0/s1. The predicted molar refractivity (Wildman–Crippen MR) is 164 cm³/mol. The number of nitro groups is 1. The van der Waals surface area contributed by atoms with Crippen molar-refractivity contribution in [3.05, 3.63) is 124 Å². The molecule has 220 valence electrons. The highest BCUT2D eigenvalue weighted by Gasteiger charge is 2.40. The van der Waals surface area contributed by atoms with Crippen LogP contribution in [0.15, 0.2) is 103 Å². The van der Waals surface area contributed by atoms with Gasteiger partial charge in [-0.3, -0.25) is 19.7 Å². The Morgan fingerprint density at radius 1 is 0.814 bits per heavy atom. The van der Waals surface area contributed by atoms with E-state index in [1.807, 2.05) is 54.6 Å². The molecule has 4 aromatic rings. The number of carbonyl (C=O) groups is 2. The van der Waals surface area contributed by atoms with Gasteiger partial charge in [-0.05, 0) is 66.3 Å². The number of nitrogens with zero attached hydrogens (tertiary/aromatic N) is 2. The number of amides is 2. The Hall–Kier alpha value is -5.02. The number of hydrogen-bond donors (Lipinski definition) is 2. The fraction of sp³-hybridized carbons (Fsp3) is 0.235. The van der Waals surface area contributed by atoms with Gasteiger partial charge in [-0.15, -0.1) is 0 Å². The molecule has 4 aromatic carbocycles. The summed E-state index contributed by atoms with van der Waals surface area (Å²) < 4.78 is 5.77. The Kier molecular flexibility index (Phi) is 9.43. The Labute approximate surface area is 250 Å². The number of nitrogens with two attached hydrogens (primary N) is 1. The van der Waals surface area contributed by atoms with E-state index in [1.165, 1.54) is 12.1 Å². The second-order valence-corrected chi connectivity index (χ2v) is 10.6. The summed E-state index contributed by atoms with van der Waals surface area (Å²) in [6.07, 6.45) is 2.40. The van der Waals surface area contributed by atoms with Gasteiger partial charge < -0.3 is 20.7 Å². The average Bonchev–Trinajstić information content (AvgIpc) is 3.03. The van der Waals surface area contributed by atoms with E-state index < -0.39 is 17.0 Å². The van der Waals surface area contributed by atoms with E-state index in [0.29, 0.717) is 37.4 Å². The van der Waals surface area contributed by atoms with Gasteiger partial charge in [0, 0.05) is 19.0 Å². The van der Waals surface area contributed by atoms with Crippen LogP contribution >= 0.6 is 0 Å². The number of nitrogens with one attached hydrogen (secondary N) is 1. The zero-order valence-corrected chi connectivity index (χ0v) is 23.7. The molecule has 9 heteroatoms. The number of benzene rings is 4. The summed E-state index contributed by atoms with van der Waals surface area (Å²) in [6.45, 7) is 0.869. The average molecular weight is 579 g/mol. The zero-order valence-electron chi connectivity index (χ0n) is 23.7. The second-order valence-electron chi connectivity index (χ2n) is 10.6. The lowest BCUT2D eigenvalue weighted by Gasteiger charge is -2.39. The van der Waals surface area contributed by atoms with E-state index in [0.717, 1.165) is 35.1 Å². The lowest BCUT2D eigenvalue weighted by molar-refractivity contribution is -0.384. The Morgan fingerprint density at radius 3 is 2.21 bits per heavy atom. The molecule has 0 spiro atoms. The highest BCUT2D eigenvalue weighted by molar-refractivity contribution is 5.97. The first-order valence-corrected chi connectivity index (χ1v) is 14.4. The fourth-order valence-electron chi connectivity index (χ4n) is 5.28. The number of carbonyl (C=O) groups excluding carboxylic acids is 2. The maximum Gasteiger partial charge on any atom is 0.273 e. The first-order chi connectivity index (χ1) is 20.9. The number of ether oxygens (including phenoxy) is 1. The molecular formula is C34H34N4O5. The lowest BCUT2D eigenvalue weighted by atomic mass is 9.96. The molecule has 9 nitrogen and oxygen atoms in total. The van der Waals surface area contributed by atoms with Crippen LogP contribution in [-0.4, -0.2) is 40.3 Å². The fourth-order valence-corrected chi connectivity index (χ4v) is 5.28. The van der Waals surface area contributed by atoms with Crippen molar-refractivity contribution < 1.29 is 19.2 Å². The zero-order chi connectivity index (χ0) is 30.2. The van der Waals surface area contributed by atoms with Crippen molar-refractivity contribution in [3.63, 3.8) is 0 Å². The summed E-state index contributed by atoms with van der Waals surface area (Å²) in [4.78, 5) is 39.4. The van der Waals surface area contributed by atoms with E-state index in [4.69, 9.17) is 10.5 Å². The van der Waals surface area contributed by atoms with Crippen molar-refractivity contribution in [1.29, 1.82) is 0 Å². The topological polar surface area (TPSA) is 128 Å². The molecule has 1 fully saturated rings. The van der Waals surface area contributed by atoms with Gasteiger partial charge >= 0.3 is 0 Å². The van der Waals surface area contributed by atoms with Crippen LogP contribution in [0.2, 0.25) is 0 Å². The normalized spacial score (nSPS) is 16.5. The summed E-state index contributed by atoms with van der Waals surface area (Å²) in [5.74, 6) is 0.572. The molecule has 43 heavy (non-hydrogen) atoms. The third-order valence-corrected chi connectivity index (χ3v) is 7.55. The van der Waals surface area contributed by atoms with Crippen LogP contribution in [0, 0.1) is 10.1 Å². The number of piperazine rings is 1. The monoisotopic (exact) mass is 578 g/mol. The van der Waals surface area contributed by atoms with Gasteiger partial charge in [-0.1, -0.05) is 72.8 Å². The maximum atomic E-state index is 13.8. The van der Waals surface area contributed by atoms with Gasteiger partial charge in [-0.25, -0.2) is 0 Å². The summed E-state index contributed by atoms with van der Waals surface area (Å²) in [6, 6.07) is 30.0. The molecule has 2 atom stereocenters. The van der Waals surface area contributed by atoms with Crippen LogP contribution in [0.5, 0.6) is 11.5 Å². The Balaban J connectivity index is 1.29. The molecule has 3 N–H and O–H groups in total. The van der Waals surface area contributed by atoms with E-state index in [9.17, 15) is 19.7 Å². The first kappa shape index (κ1) is 29.5. The van der Waals surface area contributed by atoms with Gasteiger partial charge in [0.1, 0.15) is 23.6 Å². The molecular weight excluding hydrogens is 544 g/mol. The molecule has 1 heterocycles. The van der Waals surface area contributed by atoms with Gasteiger partial charge in [-0.2, -0.15) is 0 Å². The largest absolute Gasteiger partial charge is 0.457 e. The van der Waals surface area contributed by atoms with Crippen molar-refractivity contribution >= 4 is 17.5 Å². The van der Waals surface area contributed by atoms with E-state index in [-0.39, 0.29) is 17.5 Å². The molecule has 1 saturated heterocycles. The minimum atomic E-state index is -0.703. The first-order valence-electron chi connectivity index (χ1n) is 14.4. The van der Waals surface area contributed by atoms with Gasteiger partial charge in [0.05, 0.1) is 11.0 Å². The smallest absolute Gasteiger partial charge is 0.273 e. The number of unbranched alkanes of at least 4 members (excludes halogenated alkanes) is 1. The summed E-state index contributed by atoms with van der Waals surface area (Å²) in [5, 5.41) is 14.0. The van der Waals surface area contributed by atoms with E-state index in [2.05, 4.69) is 17.4 Å². The highest BCUT2D eigenvalue weighted by atomic mass is 16.6. The molecule has 0 bridgehead atoms. The van der Waals surface area contributed by atoms with Gasteiger partial charge in [0.25, 0.3) is 5.69 Å². The lowest BCUT2D eigenvalue weighted by Crippen LogP contribution is -2.63. The number of hydrogen-bond acceptors (Lipinski definition) is 6. The van der Waals surface area contributed by atoms with Crippen molar-refractivity contribution in [1.82, 2.24) is 10.2 Å². The van der Waals surface area contributed by atoms with Crippen LogP contribution < -0.4 is 15.8 Å². The molecule has 0 aromatic heterocycles.